The number of hydrogen-bond donors (Lipinski definition) is 2. The molecule has 1 amide bonds. The zero-order valence-electron chi connectivity index (χ0n) is 11.6. The van der Waals surface area contributed by atoms with Crippen LogP contribution in [0.3, 0.4) is 0 Å². The summed E-state index contributed by atoms with van der Waals surface area (Å²) in [5.41, 5.74) is 5.81. The Kier molecular flexibility index (Phi) is 4.63. The zero-order chi connectivity index (χ0) is 13.8. The van der Waals surface area contributed by atoms with Crippen molar-refractivity contribution in [1.29, 1.82) is 0 Å². The quantitative estimate of drug-likeness (QED) is 0.751. The monoisotopic (exact) mass is 282 g/mol. The van der Waals surface area contributed by atoms with E-state index in [9.17, 15) is 4.79 Å². The molecule has 1 saturated carbocycles. The summed E-state index contributed by atoms with van der Waals surface area (Å²) >= 11 is 1.35. The van der Waals surface area contributed by atoms with Crippen LogP contribution in [0.5, 0.6) is 0 Å². The van der Waals surface area contributed by atoms with E-state index in [0.29, 0.717) is 10.7 Å². The van der Waals surface area contributed by atoms with Crippen molar-refractivity contribution in [2.24, 2.45) is 5.92 Å². The maximum Gasteiger partial charge on any atom is 0.265 e. The van der Waals surface area contributed by atoms with E-state index in [0.717, 1.165) is 30.6 Å². The number of nitrogens with zero attached hydrogens (tertiary/aromatic N) is 2. The summed E-state index contributed by atoms with van der Waals surface area (Å²) in [6, 6.07) is 0. The molecule has 1 aromatic rings. The van der Waals surface area contributed by atoms with Gasteiger partial charge < -0.3 is 16.0 Å². The molecule has 0 unspecified atom stereocenters. The molecule has 0 atom stereocenters. The second-order valence-corrected chi connectivity index (χ2v) is 6.04. The Labute approximate surface area is 118 Å². The fraction of sp³-hybridized carbons (Fsp3) is 0.692. The summed E-state index contributed by atoms with van der Waals surface area (Å²) in [6.45, 7) is 3.61. The summed E-state index contributed by atoms with van der Waals surface area (Å²) in [6.07, 6.45) is 5.00. The van der Waals surface area contributed by atoms with Crippen LogP contribution < -0.4 is 16.0 Å². The van der Waals surface area contributed by atoms with Crippen LogP contribution in [0.4, 0.5) is 10.9 Å². The van der Waals surface area contributed by atoms with Gasteiger partial charge in [0.25, 0.3) is 5.91 Å². The van der Waals surface area contributed by atoms with Crippen molar-refractivity contribution in [3.8, 4) is 0 Å². The predicted molar refractivity (Wildman–Crippen MR) is 79.8 cm³/mol. The molecule has 1 heterocycles. The normalized spacial score (nSPS) is 14.4. The van der Waals surface area contributed by atoms with Gasteiger partial charge >= 0.3 is 0 Å². The molecular weight excluding hydrogens is 260 g/mol. The number of thiazole rings is 1. The summed E-state index contributed by atoms with van der Waals surface area (Å²) in [7, 11) is 1.94. The molecule has 5 nitrogen and oxygen atoms in total. The molecule has 2 rings (SSSR count). The fourth-order valence-corrected chi connectivity index (χ4v) is 2.79. The number of nitrogen functional groups attached to an aromatic ring is 1. The van der Waals surface area contributed by atoms with Gasteiger partial charge in [-0.2, -0.15) is 0 Å². The van der Waals surface area contributed by atoms with Crippen molar-refractivity contribution in [3.63, 3.8) is 0 Å². The van der Waals surface area contributed by atoms with E-state index in [1.54, 1.807) is 0 Å². The molecule has 3 N–H and O–H groups in total. The average Bonchev–Trinajstić information content (AvgIpc) is 3.14. The molecule has 1 aliphatic carbocycles. The van der Waals surface area contributed by atoms with Crippen molar-refractivity contribution in [3.05, 3.63) is 4.88 Å². The lowest BCUT2D eigenvalue weighted by Gasteiger charge is -2.10. The van der Waals surface area contributed by atoms with Crippen LogP contribution >= 0.6 is 11.3 Å². The highest BCUT2D eigenvalue weighted by Gasteiger charge is 2.21. The SMILES string of the molecule is CCN(C)c1nc(N)c(C(=O)NCCCC2CC2)s1. The molecule has 1 aliphatic rings. The second-order valence-electron chi connectivity index (χ2n) is 5.07. The first-order valence-corrected chi connectivity index (χ1v) is 7.69. The van der Waals surface area contributed by atoms with Gasteiger partial charge in [0.1, 0.15) is 10.7 Å². The number of nitrogens with two attached hydrogens (primary N) is 1. The summed E-state index contributed by atoms with van der Waals surface area (Å²) < 4.78 is 0. The third kappa shape index (κ3) is 3.83. The first-order valence-electron chi connectivity index (χ1n) is 6.87. The van der Waals surface area contributed by atoms with E-state index in [2.05, 4.69) is 10.3 Å². The zero-order valence-corrected chi connectivity index (χ0v) is 12.4. The first-order chi connectivity index (χ1) is 9.11. The van der Waals surface area contributed by atoms with Crippen LogP contribution in [0.2, 0.25) is 0 Å². The van der Waals surface area contributed by atoms with Crippen molar-refractivity contribution < 1.29 is 4.79 Å². The number of aromatic nitrogens is 1. The minimum Gasteiger partial charge on any atom is -0.382 e. The van der Waals surface area contributed by atoms with Crippen LogP contribution in [0.15, 0.2) is 0 Å². The van der Waals surface area contributed by atoms with Gasteiger partial charge in [-0.1, -0.05) is 24.2 Å². The van der Waals surface area contributed by atoms with Crippen LogP contribution in [-0.4, -0.2) is 31.0 Å². The molecule has 0 radical (unpaired) electrons. The summed E-state index contributed by atoms with van der Waals surface area (Å²) in [5, 5.41) is 3.72. The highest BCUT2D eigenvalue weighted by molar-refractivity contribution is 7.18. The molecule has 6 heteroatoms. The van der Waals surface area contributed by atoms with Crippen LogP contribution in [0.25, 0.3) is 0 Å². The van der Waals surface area contributed by atoms with Crippen molar-refractivity contribution in [2.45, 2.75) is 32.6 Å². The van der Waals surface area contributed by atoms with Gasteiger partial charge in [0.05, 0.1) is 0 Å². The maximum absolute atomic E-state index is 12.0. The number of anilines is 2. The molecule has 1 fully saturated rings. The number of amides is 1. The Morgan fingerprint density at radius 3 is 2.95 bits per heavy atom. The Bertz CT molecular complexity index is 442. The minimum atomic E-state index is -0.0958. The van der Waals surface area contributed by atoms with E-state index in [1.165, 1.54) is 30.6 Å². The van der Waals surface area contributed by atoms with E-state index >= 15 is 0 Å². The lowest BCUT2D eigenvalue weighted by molar-refractivity contribution is 0.0957. The highest BCUT2D eigenvalue weighted by atomic mass is 32.1. The highest BCUT2D eigenvalue weighted by Crippen LogP contribution is 2.33. The number of carbonyl (C=O) groups is 1. The molecule has 0 spiro atoms. The van der Waals surface area contributed by atoms with Gasteiger partial charge in [-0.3, -0.25) is 4.79 Å². The van der Waals surface area contributed by atoms with E-state index in [1.807, 2.05) is 18.9 Å². The molecule has 1 aromatic heterocycles. The lowest BCUT2D eigenvalue weighted by atomic mass is 10.2. The largest absolute Gasteiger partial charge is 0.382 e. The summed E-state index contributed by atoms with van der Waals surface area (Å²) in [5.74, 6) is 1.15. The summed E-state index contributed by atoms with van der Waals surface area (Å²) in [4.78, 5) is 18.7. The van der Waals surface area contributed by atoms with Gasteiger partial charge in [0.2, 0.25) is 0 Å². The van der Waals surface area contributed by atoms with Crippen LogP contribution in [-0.2, 0) is 0 Å². The second kappa shape index (κ2) is 6.23. The fourth-order valence-electron chi connectivity index (χ4n) is 1.86. The molecule has 0 aliphatic heterocycles. The van der Waals surface area contributed by atoms with E-state index in [4.69, 9.17) is 5.73 Å². The predicted octanol–water partition coefficient (Wildman–Crippen LogP) is 2.10. The Morgan fingerprint density at radius 1 is 1.58 bits per heavy atom. The number of carbonyl (C=O) groups excluding carboxylic acids is 1. The van der Waals surface area contributed by atoms with E-state index < -0.39 is 0 Å². The van der Waals surface area contributed by atoms with Gasteiger partial charge in [-0.25, -0.2) is 4.98 Å². The molecule has 106 valence electrons. The average molecular weight is 282 g/mol. The van der Waals surface area contributed by atoms with Crippen molar-refractivity contribution in [2.75, 3.05) is 30.8 Å². The number of rotatable bonds is 7. The molecule has 0 bridgehead atoms. The Balaban J connectivity index is 1.84. The standard InChI is InChI=1S/C13H22N4OS/c1-3-17(2)13-16-11(14)10(19-13)12(18)15-8-4-5-9-6-7-9/h9H,3-8,14H2,1-2H3,(H,15,18). The van der Waals surface area contributed by atoms with E-state index in [-0.39, 0.29) is 5.91 Å². The minimum absolute atomic E-state index is 0.0958. The lowest BCUT2D eigenvalue weighted by Crippen LogP contribution is -2.24. The number of hydrogen-bond acceptors (Lipinski definition) is 5. The smallest absolute Gasteiger partial charge is 0.265 e. The maximum atomic E-state index is 12.0. The third-order valence-corrected chi connectivity index (χ3v) is 4.61. The van der Waals surface area contributed by atoms with Crippen LogP contribution in [0, 0.1) is 5.92 Å². The van der Waals surface area contributed by atoms with Crippen molar-refractivity contribution >= 4 is 28.2 Å². The molecular formula is C13H22N4OS. The van der Waals surface area contributed by atoms with Gasteiger partial charge in [-0.05, 0) is 25.7 Å². The third-order valence-electron chi connectivity index (χ3n) is 3.42. The van der Waals surface area contributed by atoms with Crippen molar-refractivity contribution in [1.82, 2.24) is 10.3 Å². The van der Waals surface area contributed by atoms with Crippen LogP contribution in [0.1, 0.15) is 42.3 Å². The molecule has 0 aromatic carbocycles. The first kappa shape index (κ1) is 14.1. The van der Waals surface area contributed by atoms with Gasteiger partial charge in [-0.15, -0.1) is 0 Å². The topological polar surface area (TPSA) is 71.2 Å². The van der Waals surface area contributed by atoms with Gasteiger partial charge in [0, 0.05) is 20.1 Å². The molecule has 0 saturated heterocycles. The Morgan fingerprint density at radius 2 is 2.32 bits per heavy atom. The number of nitrogens with one attached hydrogen (secondary N) is 1. The Hall–Kier alpha value is -1.30. The molecule has 19 heavy (non-hydrogen) atoms. The van der Waals surface area contributed by atoms with Gasteiger partial charge in [0.15, 0.2) is 5.13 Å².